The van der Waals surface area contributed by atoms with E-state index in [1.54, 1.807) is 18.2 Å². The Morgan fingerprint density at radius 1 is 1.15 bits per heavy atom. The Morgan fingerprint density at radius 2 is 1.79 bits per heavy atom. The number of rotatable bonds is 9. The Kier molecular flexibility index (Phi) is 8.41. The molecule has 2 aromatic rings. The Bertz CT molecular complexity index is 1110. The molecule has 0 radical (unpaired) electrons. The summed E-state index contributed by atoms with van der Waals surface area (Å²) in [6, 6.07) is 13.0. The molecule has 0 unspecified atom stereocenters. The maximum atomic E-state index is 12.8. The number of methoxy groups -OCH3 is 1. The number of nitro groups is 1. The van der Waals surface area contributed by atoms with Gasteiger partial charge in [-0.25, -0.2) is 0 Å². The zero-order valence-corrected chi connectivity index (χ0v) is 20.5. The second-order valence-electron chi connectivity index (χ2n) is 9.86. The average molecular weight is 466 g/mol. The van der Waals surface area contributed by atoms with E-state index in [-0.39, 0.29) is 23.3 Å². The molecule has 1 N–H and O–H groups in total. The normalized spacial score (nSPS) is 12.0. The van der Waals surface area contributed by atoms with Crippen LogP contribution in [0.1, 0.15) is 52.2 Å². The number of hydrogen-bond donors (Lipinski definition) is 1. The number of carbonyl (C=O) groups is 1. The van der Waals surface area contributed by atoms with E-state index in [1.165, 1.54) is 37.5 Å². The van der Waals surface area contributed by atoms with E-state index in [1.807, 2.05) is 19.9 Å². The van der Waals surface area contributed by atoms with Gasteiger partial charge < -0.3 is 14.8 Å². The largest absolute Gasteiger partial charge is 0.496 e. The number of nitrogens with one attached hydrogen (secondary N) is 1. The predicted molar refractivity (Wildman–Crippen MR) is 130 cm³/mol. The van der Waals surface area contributed by atoms with Gasteiger partial charge in [0.1, 0.15) is 29.7 Å². The van der Waals surface area contributed by atoms with Crippen molar-refractivity contribution in [3.8, 4) is 17.6 Å². The lowest BCUT2D eigenvalue weighted by Crippen LogP contribution is -2.46. The molecule has 0 aliphatic rings. The minimum atomic E-state index is -0.477. The fourth-order valence-electron chi connectivity index (χ4n) is 3.89. The summed E-state index contributed by atoms with van der Waals surface area (Å²) in [5.74, 6) is 0.608. The molecule has 34 heavy (non-hydrogen) atoms. The summed E-state index contributed by atoms with van der Waals surface area (Å²) in [7, 11) is 1.53. The third kappa shape index (κ3) is 7.93. The van der Waals surface area contributed by atoms with Crippen molar-refractivity contribution in [2.75, 3.05) is 7.11 Å². The van der Waals surface area contributed by atoms with Gasteiger partial charge in [0.05, 0.1) is 12.0 Å². The van der Waals surface area contributed by atoms with Crippen molar-refractivity contribution < 1.29 is 19.2 Å². The van der Waals surface area contributed by atoms with Crippen LogP contribution in [0.2, 0.25) is 0 Å². The van der Waals surface area contributed by atoms with Gasteiger partial charge in [0.15, 0.2) is 0 Å². The van der Waals surface area contributed by atoms with Crippen LogP contribution in [0.15, 0.2) is 48.0 Å². The number of nitro benzene ring substituents is 1. The molecule has 0 fully saturated rings. The highest BCUT2D eigenvalue weighted by Gasteiger charge is 2.28. The summed E-state index contributed by atoms with van der Waals surface area (Å²) in [5, 5.41) is 23.3. The van der Waals surface area contributed by atoms with Crippen molar-refractivity contribution in [1.82, 2.24) is 5.32 Å². The van der Waals surface area contributed by atoms with Gasteiger partial charge in [-0.2, -0.15) is 5.26 Å². The molecule has 1 amide bonds. The number of amides is 1. The first-order valence-electron chi connectivity index (χ1n) is 10.8. The van der Waals surface area contributed by atoms with Crippen molar-refractivity contribution in [1.29, 1.82) is 5.26 Å². The van der Waals surface area contributed by atoms with E-state index >= 15 is 0 Å². The molecule has 0 aliphatic carbocycles. The minimum absolute atomic E-state index is 0.00520. The zero-order valence-electron chi connectivity index (χ0n) is 20.5. The van der Waals surface area contributed by atoms with Crippen molar-refractivity contribution in [2.24, 2.45) is 5.41 Å². The van der Waals surface area contributed by atoms with Crippen LogP contribution in [-0.2, 0) is 11.4 Å². The Labute approximate surface area is 200 Å². The van der Waals surface area contributed by atoms with Gasteiger partial charge in [-0.15, -0.1) is 0 Å². The van der Waals surface area contributed by atoms with Crippen LogP contribution in [0.4, 0.5) is 5.69 Å². The summed E-state index contributed by atoms with van der Waals surface area (Å²) in [6.07, 6.45) is 2.27. The van der Waals surface area contributed by atoms with Gasteiger partial charge in [-0.3, -0.25) is 14.9 Å². The van der Waals surface area contributed by atoms with E-state index in [2.05, 4.69) is 26.1 Å². The fraction of sp³-hybridized carbons (Fsp3) is 0.385. The molecule has 0 spiro atoms. The number of hydrogen-bond acceptors (Lipinski definition) is 6. The lowest BCUT2D eigenvalue weighted by atomic mass is 9.81. The molecular weight excluding hydrogens is 434 g/mol. The van der Waals surface area contributed by atoms with Gasteiger partial charge in [-0.05, 0) is 61.6 Å². The molecule has 8 heteroatoms. The lowest BCUT2D eigenvalue weighted by molar-refractivity contribution is -0.384. The molecule has 0 saturated heterocycles. The first-order valence-corrected chi connectivity index (χ1v) is 10.8. The Morgan fingerprint density at radius 3 is 2.32 bits per heavy atom. The molecule has 2 rings (SSSR count). The van der Waals surface area contributed by atoms with Crippen LogP contribution in [0.3, 0.4) is 0 Å². The number of nitrogens with zero attached hydrogens (tertiary/aromatic N) is 2. The van der Waals surface area contributed by atoms with E-state index < -0.39 is 16.4 Å². The average Bonchev–Trinajstić information content (AvgIpc) is 2.74. The molecule has 0 atom stereocenters. The van der Waals surface area contributed by atoms with E-state index in [0.717, 1.165) is 6.42 Å². The van der Waals surface area contributed by atoms with Crippen molar-refractivity contribution in [3.63, 3.8) is 0 Å². The third-order valence-corrected chi connectivity index (χ3v) is 4.85. The summed E-state index contributed by atoms with van der Waals surface area (Å²) >= 11 is 0. The highest BCUT2D eigenvalue weighted by molar-refractivity contribution is 6.02. The van der Waals surface area contributed by atoms with Gasteiger partial charge in [0.25, 0.3) is 11.6 Å². The van der Waals surface area contributed by atoms with Crippen LogP contribution >= 0.6 is 0 Å². The molecule has 0 aliphatic heterocycles. The second-order valence-corrected chi connectivity index (χ2v) is 9.86. The summed E-state index contributed by atoms with van der Waals surface area (Å²) in [5.41, 5.74) is 0.847. The summed E-state index contributed by atoms with van der Waals surface area (Å²) in [4.78, 5) is 23.1. The fourth-order valence-corrected chi connectivity index (χ4v) is 3.89. The SMILES string of the molecule is COc1ccc(C=C(C#N)C(=O)NC(C)(C)CC(C)(C)C)cc1COc1ccc([N+](=O)[O-])cc1. The molecule has 8 nitrogen and oxygen atoms in total. The quantitative estimate of drug-likeness (QED) is 0.229. The second kappa shape index (κ2) is 10.8. The van der Waals surface area contributed by atoms with Crippen LogP contribution in [-0.4, -0.2) is 23.5 Å². The van der Waals surface area contributed by atoms with E-state index in [9.17, 15) is 20.2 Å². The monoisotopic (exact) mass is 465 g/mol. The first-order chi connectivity index (χ1) is 15.8. The Balaban J connectivity index is 2.21. The number of nitriles is 1. The van der Waals surface area contributed by atoms with E-state index in [4.69, 9.17) is 9.47 Å². The van der Waals surface area contributed by atoms with Gasteiger partial charge in [0.2, 0.25) is 0 Å². The Hall–Kier alpha value is -3.86. The maximum absolute atomic E-state index is 12.8. The standard InChI is InChI=1S/C26H31N3O5/c1-25(2,3)17-26(4,5)28-24(30)19(15-27)13-18-7-12-23(33-6)20(14-18)16-34-22-10-8-21(9-11-22)29(31)32/h7-14H,16-17H2,1-6H3,(H,28,30). The highest BCUT2D eigenvalue weighted by Crippen LogP contribution is 2.28. The molecule has 0 saturated carbocycles. The first kappa shape index (κ1) is 26.4. The van der Waals surface area contributed by atoms with Crippen molar-refractivity contribution in [3.05, 3.63) is 69.3 Å². The maximum Gasteiger partial charge on any atom is 0.269 e. The van der Waals surface area contributed by atoms with Crippen LogP contribution in [0.25, 0.3) is 6.08 Å². The lowest BCUT2D eigenvalue weighted by Gasteiger charge is -2.33. The number of non-ortho nitro benzene ring substituents is 1. The van der Waals surface area contributed by atoms with Crippen LogP contribution < -0.4 is 14.8 Å². The molecule has 180 valence electrons. The molecule has 0 aromatic heterocycles. The third-order valence-electron chi connectivity index (χ3n) is 4.85. The molecular formula is C26H31N3O5. The zero-order chi connectivity index (χ0) is 25.5. The molecule has 0 bridgehead atoms. The number of ether oxygens (including phenoxy) is 2. The summed E-state index contributed by atoms with van der Waals surface area (Å²) in [6.45, 7) is 10.3. The topological polar surface area (TPSA) is 114 Å². The molecule has 2 aromatic carbocycles. The van der Waals surface area contributed by atoms with Gasteiger partial charge in [-0.1, -0.05) is 26.8 Å². The number of benzene rings is 2. The summed E-state index contributed by atoms with van der Waals surface area (Å²) < 4.78 is 11.1. The predicted octanol–water partition coefficient (Wildman–Crippen LogP) is 5.42. The van der Waals surface area contributed by atoms with Gasteiger partial charge >= 0.3 is 0 Å². The van der Waals surface area contributed by atoms with Gasteiger partial charge in [0, 0.05) is 23.2 Å². The van der Waals surface area contributed by atoms with Crippen molar-refractivity contribution >= 4 is 17.7 Å². The minimum Gasteiger partial charge on any atom is -0.496 e. The molecule has 0 heterocycles. The van der Waals surface area contributed by atoms with Crippen LogP contribution in [0.5, 0.6) is 11.5 Å². The number of carbonyl (C=O) groups excluding carboxylic acids is 1. The highest BCUT2D eigenvalue weighted by atomic mass is 16.6. The van der Waals surface area contributed by atoms with Crippen molar-refractivity contribution in [2.45, 2.75) is 53.2 Å². The smallest absolute Gasteiger partial charge is 0.269 e. The van der Waals surface area contributed by atoms with E-state index in [0.29, 0.717) is 22.6 Å². The van der Waals surface area contributed by atoms with Crippen LogP contribution in [0, 0.1) is 26.9 Å².